The van der Waals surface area contributed by atoms with Crippen LogP contribution in [0.15, 0.2) is 23.4 Å². The third-order valence-electron chi connectivity index (χ3n) is 2.54. The molecule has 1 aromatic carbocycles. The monoisotopic (exact) mass is 280 g/mol. The van der Waals surface area contributed by atoms with Gasteiger partial charge in [0.1, 0.15) is 5.75 Å². The molecular formula is C13H14F2N4O. The van der Waals surface area contributed by atoms with E-state index in [0.29, 0.717) is 12.3 Å². The molecule has 0 aliphatic rings. The first-order chi connectivity index (χ1) is 9.52. The summed E-state index contributed by atoms with van der Waals surface area (Å²) in [4.78, 5) is 3.95. The van der Waals surface area contributed by atoms with Gasteiger partial charge in [-0.15, -0.1) is 0 Å². The molecule has 0 fully saturated rings. The predicted molar refractivity (Wildman–Crippen MR) is 71.9 cm³/mol. The zero-order valence-corrected chi connectivity index (χ0v) is 11.1. The highest BCUT2D eigenvalue weighted by molar-refractivity contribution is 5.84. The third-order valence-corrected chi connectivity index (χ3v) is 2.54. The van der Waals surface area contributed by atoms with Crippen LogP contribution in [0.5, 0.6) is 5.75 Å². The van der Waals surface area contributed by atoms with Gasteiger partial charge in [0, 0.05) is 0 Å². The summed E-state index contributed by atoms with van der Waals surface area (Å²) in [6.07, 6.45) is 2.73. The van der Waals surface area contributed by atoms with Gasteiger partial charge in [0.05, 0.1) is 30.3 Å². The molecule has 0 bridgehead atoms. The topological polar surface area (TPSA) is 65.4 Å². The van der Waals surface area contributed by atoms with E-state index in [1.165, 1.54) is 10.7 Å². The van der Waals surface area contributed by atoms with Gasteiger partial charge in [-0.2, -0.15) is 5.10 Å². The average Bonchev–Trinajstić information content (AvgIpc) is 2.72. The lowest BCUT2D eigenvalue weighted by atomic mass is 10.2. The molecule has 20 heavy (non-hydrogen) atoms. The van der Waals surface area contributed by atoms with Crippen molar-refractivity contribution in [3.63, 3.8) is 0 Å². The van der Waals surface area contributed by atoms with E-state index in [4.69, 9.17) is 10.5 Å². The molecule has 2 rings (SSSR count). The number of anilines is 1. The number of aromatic nitrogens is 2. The van der Waals surface area contributed by atoms with Gasteiger partial charge in [-0.3, -0.25) is 0 Å². The number of nitrogen functional groups attached to an aromatic ring is 1. The van der Waals surface area contributed by atoms with Crippen LogP contribution in [0.4, 0.5) is 14.7 Å². The summed E-state index contributed by atoms with van der Waals surface area (Å²) in [6.45, 7) is 3.83. The van der Waals surface area contributed by atoms with Gasteiger partial charge in [-0.05, 0) is 26.0 Å². The van der Waals surface area contributed by atoms with E-state index in [2.05, 4.69) is 10.1 Å². The van der Waals surface area contributed by atoms with Gasteiger partial charge >= 0.3 is 0 Å². The van der Waals surface area contributed by atoms with Crippen molar-refractivity contribution in [2.45, 2.75) is 13.8 Å². The SMILES string of the molecule is CCOc1ccc(F)c(F)c1C=Nn1cc(C)nc1N. The van der Waals surface area contributed by atoms with Crippen molar-refractivity contribution in [1.29, 1.82) is 0 Å². The molecule has 106 valence electrons. The molecule has 7 heteroatoms. The number of imidazole rings is 1. The van der Waals surface area contributed by atoms with Crippen molar-refractivity contribution < 1.29 is 13.5 Å². The maximum Gasteiger partial charge on any atom is 0.221 e. The molecule has 1 aromatic heterocycles. The number of rotatable bonds is 4. The first-order valence-corrected chi connectivity index (χ1v) is 5.99. The fraction of sp³-hybridized carbons (Fsp3) is 0.231. The Morgan fingerprint density at radius 3 is 2.80 bits per heavy atom. The Labute approximate surface area is 114 Å². The Bertz CT molecular complexity index is 652. The van der Waals surface area contributed by atoms with Crippen molar-refractivity contribution in [3.05, 3.63) is 41.2 Å². The number of hydrogen-bond donors (Lipinski definition) is 1. The van der Waals surface area contributed by atoms with Crippen LogP contribution in [0.3, 0.4) is 0 Å². The largest absolute Gasteiger partial charge is 0.493 e. The van der Waals surface area contributed by atoms with Crippen LogP contribution in [0.25, 0.3) is 0 Å². The van der Waals surface area contributed by atoms with E-state index in [1.54, 1.807) is 20.0 Å². The highest BCUT2D eigenvalue weighted by Crippen LogP contribution is 2.22. The number of benzene rings is 1. The van der Waals surface area contributed by atoms with E-state index in [-0.39, 0.29) is 17.3 Å². The standard InChI is InChI=1S/C13H14F2N4O/c1-3-20-11-5-4-10(14)12(15)9(11)6-17-19-7-8(2)18-13(19)16/h4-7H,3H2,1-2H3,(H2,16,18). The first-order valence-electron chi connectivity index (χ1n) is 5.99. The minimum absolute atomic E-state index is 0.0717. The van der Waals surface area contributed by atoms with E-state index in [9.17, 15) is 8.78 Å². The molecule has 2 N–H and O–H groups in total. The van der Waals surface area contributed by atoms with Gasteiger partial charge in [-0.1, -0.05) is 0 Å². The Balaban J connectivity index is 2.41. The summed E-state index contributed by atoms with van der Waals surface area (Å²) < 4.78 is 33.6. The highest BCUT2D eigenvalue weighted by Gasteiger charge is 2.13. The molecule has 0 saturated carbocycles. The third kappa shape index (κ3) is 2.76. The van der Waals surface area contributed by atoms with Gasteiger partial charge in [0.15, 0.2) is 11.6 Å². The second-order valence-corrected chi connectivity index (χ2v) is 4.04. The quantitative estimate of drug-likeness (QED) is 0.874. The van der Waals surface area contributed by atoms with E-state index >= 15 is 0 Å². The fourth-order valence-electron chi connectivity index (χ4n) is 1.67. The van der Waals surface area contributed by atoms with E-state index in [1.807, 2.05) is 0 Å². The van der Waals surface area contributed by atoms with Gasteiger partial charge in [-0.25, -0.2) is 18.4 Å². The van der Waals surface area contributed by atoms with Crippen LogP contribution in [0.1, 0.15) is 18.2 Å². The molecule has 1 heterocycles. The van der Waals surface area contributed by atoms with Gasteiger partial charge < -0.3 is 10.5 Å². The molecule has 0 aliphatic heterocycles. The van der Waals surface area contributed by atoms with Gasteiger partial charge in [0.25, 0.3) is 0 Å². The predicted octanol–water partition coefficient (Wildman–Crippen LogP) is 2.33. The second-order valence-electron chi connectivity index (χ2n) is 4.04. The highest BCUT2D eigenvalue weighted by atomic mass is 19.2. The maximum absolute atomic E-state index is 13.8. The van der Waals surface area contributed by atoms with Crippen LogP contribution >= 0.6 is 0 Å². The minimum atomic E-state index is -1.02. The number of nitrogens with two attached hydrogens (primary N) is 1. The van der Waals surface area contributed by atoms with E-state index < -0.39 is 11.6 Å². The zero-order chi connectivity index (χ0) is 14.7. The van der Waals surface area contributed by atoms with Crippen molar-refractivity contribution in [3.8, 4) is 5.75 Å². The molecule has 0 saturated heterocycles. The summed E-state index contributed by atoms with van der Waals surface area (Å²) in [6, 6.07) is 2.36. The Hall–Kier alpha value is -2.44. The summed E-state index contributed by atoms with van der Waals surface area (Å²) >= 11 is 0. The Kier molecular flexibility index (Phi) is 3.97. The van der Waals surface area contributed by atoms with Crippen LogP contribution < -0.4 is 10.5 Å². The Morgan fingerprint density at radius 1 is 1.45 bits per heavy atom. The van der Waals surface area contributed by atoms with Crippen LogP contribution in [0, 0.1) is 18.6 Å². The van der Waals surface area contributed by atoms with Crippen LogP contribution in [-0.4, -0.2) is 22.5 Å². The molecule has 0 amide bonds. The molecule has 0 unspecified atom stereocenters. The molecule has 0 aliphatic carbocycles. The fourth-order valence-corrected chi connectivity index (χ4v) is 1.67. The van der Waals surface area contributed by atoms with Crippen LogP contribution in [0.2, 0.25) is 0 Å². The van der Waals surface area contributed by atoms with Crippen molar-refractivity contribution in [2.75, 3.05) is 12.3 Å². The summed E-state index contributed by atoms with van der Waals surface area (Å²) in [5.74, 6) is -1.61. The number of aryl methyl sites for hydroxylation is 1. The molecule has 0 atom stereocenters. The van der Waals surface area contributed by atoms with E-state index in [0.717, 1.165) is 12.3 Å². The van der Waals surface area contributed by atoms with Crippen molar-refractivity contribution >= 4 is 12.2 Å². The normalized spacial score (nSPS) is 11.2. The van der Waals surface area contributed by atoms with Crippen molar-refractivity contribution in [1.82, 2.24) is 9.66 Å². The smallest absolute Gasteiger partial charge is 0.221 e. The lowest BCUT2D eigenvalue weighted by Gasteiger charge is -2.08. The molecule has 0 radical (unpaired) electrons. The zero-order valence-electron chi connectivity index (χ0n) is 11.1. The minimum Gasteiger partial charge on any atom is -0.493 e. The second kappa shape index (κ2) is 5.68. The summed E-state index contributed by atoms with van der Waals surface area (Å²) in [5.41, 5.74) is 6.21. The first kappa shape index (κ1) is 14.0. The number of nitrogens with zero attached hydrogens (tertiary/aromatic N) is 3. The molecular weight excluding hydrogens is 266 g/mol. The van der Waals surface area contributed by atoms with Gasteiger partial charge in [0.2, 0.25) is 5.95 Å². The van der Waals surface area contributed by atoms with Crippen molar-refractivity contribution in [2.24, 2.45) is 5.10 Å². The average molecular weight is 280 g/mol. The summed E-state index contributed by atoms with van der Waals surface area (Å²) in [7, 11) is 0. The number of hydrogen-bond acceptors (Lipinski definition) is 4. The lowest BCUT2D eigenvalue weighted by molar-refractivity contribution is 0.335. The summed E-state index contributed by atoms with van der Waals surface area (Å²) in [5, 5.41) is 3.96. The van der Waals surface area contributed by atoms with Crippen LogP contribution in [-0.2, 0) is 0 Å². The number of halogens is 2. The molecule has 5 nitrogen and oxygen atoms in total. The molecule has 2 aromatic rings. The number of ether oxygens (including phenoxy) is 1. The molecule has 0 spiro atoms. The lowest BCUT2D eigenvalue weighted by Crippen LogP contribution is -2.03. The maximum atomic E-state index is 13.8. The Morgan fingerprint density at radius 2 is 2.20 bits per heavy atom.